The Bertz CT molecular complexity index is 1110. The zero-order chi connectivity index (χ0) is 23.3. The second kappa shape index (κ2) is 10.9. The molecular weight excluding hydrogens is 388 g/mol. The second-order valence-corrected chi connectivity index (χ2v) is 8.98. The summed E-state index contributed by atoms with van der Waals surface area (Å²) < 4.78 is 5.05. The normalized spacial score (nSPS) is 13.4. The van der Waals surface area contributed by atoms with Crippen molar-refractivity contribution in [1.82, 2.24) is 9.13 Å². The molecule has 0 atom stereocenters. The zero-order valence-corrected chi connectivity index (χ0v) is 21.4. The fourth-order valence-corrected chi connectivity index (χ4v) is 4.98. The van der Waals surface area contributed by atoms with Gasteiger partial charge in [-0.3, -0.25) is 0 Å². The van der Waals surface area contributed by atoms with E-state index >= 15 is 0 Å². The van der Waals surface area contributed by atoms with Gasteiger partial charge in [0.2, 0.25) is 0 Å². The summed E-state index contributed by atoms with van der Waals surface area (Å²) in [5.74, 6) is 0. The highest BCUT2D eigenvalue weighted by atomic mass is 15.0. The molecule has 3 aromatic rings. The maximum atomic E-state index is 2.53. The Morgan fingerprint density at radius 3 is 2.22 bits per heavy atom. The van der Waals surface area contributed by atoms with Gasteiger partial charge in [-0.15, -0.1) is 0 Å². The lowest BCUT2D eigenvalue weighted by atomic mass is 9.83. The van der Waals surface area contributed by atoms with Gasteiger partial charge in [-0.25, -0.2) is 0 Å². The van der Waals surface area contributed by atoms with Crippen LogP contribution in [0.1, 0.15) is 94.9 Å². The number of allylic oxidation sites excluding steroid dienone is 2. The van der Waals surface area contributed by atoms with Crippen LogP contribution in [-0.4, -0.2) is 9.13 Å². The molecule has 0 saturated heterocycles. The molecule has 0 N–H and O–H groups in total. The maximum Gasteiger partial charge on any atom is 0.0495 e. The van der Waals surface area contributed by atoms with Crippen molar-refractivity contribution in [3.05, 3.63) is 70.2 Å². The van der Waals surface area contributed by atoms with Gasteiger partial charge < -0.3 is 9.13 Å². The Morgan fingerprint density at radius 1 is 0.969 bits per heavy atom. The lowest BCUT2D eigenvalue weighted by Gasteiger charge is -2.24. The van der Waals surface area contributed by atoms with E-state index in [0.717, 1.165) is 19.5 Å². The summed E-state index contributed by atoms with van der Waals surface area (Å²) in [5, 5.41) is 1.40. The Hall–Kier alpha value is -2.48. The fourth-order valence-electron chi connectivity index (χ4n) is 4.98. The first-order valence-corrected chi connectivity index (χ1v) is 12.7. The third-order valence-electron chi connectivity index (χ3n) is 6.56. The summed E-state index contributed by atoms with van der Waals surface area (Å²) in [6.07, 6.45) is 10.6. The molecule has 2 aromatic heterocycles. The van der Waals surface area contributed by atoms with Crippen LogP contribution in [0.5, 0.6) is 0 Å². The van der Waals surface area contributed by atoms with E-state index in [1.807, 2.05) is 0 Å². The van der Waals surface area contributed by atoms with Crippen LogP contribution in [0.3, 0.4) is 0 Å². The summed E-state index contributed by atoms with van der Waals surface area (Å²) >= 11 is 0. The van der Waals surface area contributed by atoms with E-state index < -0.39 is 0 Å². The molecule has 1 aromatic carbocycles. The molecule has 0 aliphatic heterocycles. The highest BCUT2D eigenvalue weighted by Crippen LogP contribution is 2.43. The summed E-state index contributed by atoms with van der Waals surface area (Å²) in [4.78, 5) is 0. The van der Waals surface area contributed by atoms with Crippen molar-refractivity contribution in [3.63, 3.8) is 0 Å². The predicted octanol–water partition coefficient (Wildman–Crippen LogP) is 8.92. The van der Waals surface area contributed by atoms with Crippen LogP contribution in [0.2, 0.25) is 0 Å². The van der Waals surface area contributed by atoms with Gasteiger partial charge in [0.15, 0.2) is 0 Å². The molecule has 2 heterocycles. The van der Waals surface area contributed by atoms with Crippen molar-refractivity contribution in [3.8, 4) is 0 Å². The molecular formula is C30H42N2. The molecule has 0 radical (unpaired) electrons. The van der Waals surface area contributed by atoms with Crippen LogP contribution in [0.15, 0.2) is 42.0 Å². The van der Waals surface area contributed by atoms with Crippen LogP contribution in [0, 0.1) is 13.8 Å². The molecule has 172 valence electrons. The maximum absolute atomic E-state index is 2.53. The monoisotopic (exact) mass is 430 g/mol. The number of benzene rings is 1. The Kier molecular flexibility index (Phi) is 8.23. The minimum absolute atomic E-state index is 1.00. The largest absolute Gasteiger partial charge is 0.345 e. The average Bonchev–Trinajstić information content (AvgIpc) is 3.20. The van der Waals surface area contributed by atoms with Crippen LogP contribution >= 0.6 is 0 Å². The zero-order valence-electron chi connectivity index (χ0n) is 21.4. The van der Waals surface area contributed by atoms with Crippen molar-refractivity contribution < 1.29 is 0 Å². The average molecular weight is 431 g/mol. The number of fused-ring (bicyclic) bond motifs is 1. The minimum atomic E-state index is 1.00. The van der Waals surface area contributed by atoms with Gasteiger partial charge in [0.25, 0.3) is 0 Å². The summed E-state index contributed by atoms with van der Waals surface area (Å²) in [6.45, 7) is 17.6. The third-order valence-corrected chi connectivity index (χ3v) is 6.56. The van der Waals surface area contributed by atoms with E-state index in [1.165, 1.54) is 70.4 Å². The van der Waals surface area contributed by atoms with Gasteiger partial charge in [0, 0.05) is 52.2 Å². The molecule has 32 heavy (non-hydrogen) atoms. The van der Waals surface area contributed by atoms with E-state index in [2.05, 4.69) is 100 Å². The van der Waals surface area contributed by atoms with Gasteiger partial charge in [0.1, 0.15) is 0 Å². The molecule has 1 saturated carbocycles. The smallest absolute Gasteiger partial charge is 0.0495 e. The third kappa shape index (κ3) is 4.37. The van der Waals surface area contributed by atoms with Crippen molar-refractivity contribution >= 4 is 22.6 Å². The number of hydrogen-bond donors (Lipinski definition) is 0. The van der Waals surface area contributed by atoms with Crippen LogP contribution < -0.4 is 0 Å². The number of nitrogens with zero attached hydrogens (tertiary/aromatic N) is 2. The highest BCUT2D eigenvalue weighted by Gasteiger charge is 2.26. The second-order valence-electron chi connectivity index (χ2n) is 8.98. The topological polar surface area (TPSA) is 9.86 Å². The minimum Gasteiger partial charge on any atom is -0.345 e. The molecule has 0 bridgehead atoms. The lowest BCUT2D eigenvalue weighted by molar-refractivity contribution is 0.660. The first kappa shape index (κ1) is 24.2. The Balaban J connectivity index is 0.000000913. The Labute approximate surface area is 195 Å². The van der Waals surface area contributed by atoms with Gasteiger partial charge in [-0.05, 0) is 71.1 Å². The molecule has 0 amide bonds. The summed E-state index contributed by atoms with van der Waals surface area (Å²) in [6, 6.07) is 11.4. The van der Waals surface area contributed by atoms with Gasteiger partial charge >= 0.3 is 0 Å². The number of aromatic nitrogens is 2. The quantitative estimate of drug-likeness (QED) is 0.369. The first-order chi connectivity index (χ1) is 15.5. The van der Waals surface area contributed by atoms with E-state index in [9.17, 15) is 0 Å². The molecule has 1 fully saturated rings. The molecule has 0 spiro atoms. The summed E-state index contributed by atoms with van der Waals surface area (Å²) in [7, 11) is 0. The summed E-state index contributed by atoms with van der Waals surface area (Å²) in [5.41, 5.74) is 11.5. The Morgan fingerprint density at radius 2 is 1.66 bits per heavy atom. The van der Waals surface area contributed by atoms with E-state index in [-0.39, 0.29) is 0 Å². The van der Waals surface area contributed by atoms with Crippen molar-refractivity contribution in [2.75, 3.05) is 0 Å². The fraction of sp³-hybridized carbons (Fsp3) is 0.467. The van der Waals surface area contributed by atoms with Crippen LogP contribution in [-0.2, 0) is 13.1 Å². The van der Waals surface area contributed by atoms with Gasteiger partial charge in [-0.2, -0.15) is 0 Å². The number of para-hydroxylation sites is 1. The van der Waals surface area contributed by atoms with Crippen LogP contribution in [0.4, 0.5) is 0 Å². The SMILES string of the molecule is C/C=C\c1cc(C(=C2CCC2)c2c(C)n(CCC)c3ccccc23)n(CC)c1C.CCC. The van der Waals surface area contributed by atoms with Crippen LogP contribution in [0.25, 0.3) is 22.6 Å². The van der Waals surface area contributed by atoms with Crippen molar-refractivity contribution in [1.29, 1.82) is 0 Å². The predicted molar refractivity (Wildman–Crippen MR) is 142 cm³/mol. The number of aryl methyl sites for hydroxylation is 1. The van der Waals surface area contributed by atoms with Crippen molar-refractivity contribution in [2.45, 2.75) is 93.7 Å². The molecule has 0 unspecified atom stereocenters. The van der Waals surface area contributed by atoms with E-state index in [0.29, 0.717) is 0 Å². The number of rotatable bonds is 6. The molecule has 1 aliphatic carbocycles. The highest BCUT2D eigenvalue weighted by molar-refractivity contribution is 6.00. The molecule has 4 rings (SSSR count). The first-order valence-electron chi connectivity index (χ1n) is 12.7. The molecule has 1 aliphatic rings. The lowest BCUT2D eigenvalue weighted by Crippen LogP contribution is -2.09. The van der Waals surface area contributed by atoms with Gasteiger partial charge in [0.05, 0.1) is 0 Å². The molecule has 2 nitrogen and oxygen atoms in total. The standard InChI is InChI=1S/C27H34N2.C3H8/c1-6-12-22-18-25(28(8-3)19(22)4)27(21-13-11-14-21)26-20(5)29(17-7-2)24-16-10-9-15-23(24)26;1-3-2/h6,9-10,12,15-16,18H,7-8,11,13-14,17H2,1-5H3;3H2,1-2H3/b12-6-;. The van der Waals surface area contributed by atoms with E-state index in [4.69, 9.17) is 0 Å². The number of hydrogen-bond acceptors (Lipinski definition) is 0. The van der Waals surface area contributed by atoms with Crippen molar-refractivity contribution in [2.24, 2.45) is 0 Å². The van der Waals surface area contributed by atoms with E-state index in [1.54, 1.807) is 5.57 Å². The van der Waals surface area contributed by atoms with Gasteiger partial charge in [-0.1, -0.05) is 63.1 Å². The molecule has 2 heteroatoms.